The Morgan fingerprint density at radius 1 is 0.923 bits per heavy atom. The lowest BCUT2D eigenvalue weighted by molar-refractivity contribution is -0.115. The van der Waals surface area contributed by atoms with E-state index in [-0.39, 0.29) is 23.2 Å². The highest BCUT2D eigenvalue weighted by molar-refractivity contribution is 6.36. The molecular formula is C18H15Cl2NO5. The summed E-state index contributed by atoms with van der Waals surface area (Å²) in [6.07, 6.45) is -0.0749. The molecule has 2 aromatic carbocycles. The first-order valence-electron chi connectivity index (χ1n) is 7.40. The normalized spacial score (nSPS) is 10.2. The third-order valence-corrected chi connectivity index (χ3v) is 4.17. The molecule has 0 saturated heterocycles. The largest absolute Gasteiger partial charge is 0.465 e. The smallest absolute Gasteiger partial charge is 0.337 e. The van der Waals surface area contributed by atoms with Crippen molar-refractivity contribution in [3.63, 3.8) is 0 Å². The molecule has 0 aliphatic rings. The Bertz CT molecular complexity index is 812. The molecule has 0 heterocycles. The summed E-state index contributed by atoms with van der Waals surface area (Å²) in [4.78, 5) is 35.9. The molecule has 1 N–H and O–H groups in total. The van der Waals surface area contributed by atoms with Crippen LogP contribution in [0, 0.1) is 0 Å². The van der Waals surface area contributed by atoms with E-state index in [4.69, 9.17) is 23.2 Å². The predicted octanol–water partition coefficient (Wildman–Crippen LogP) is 3.75. The molecule has 0 aliphatic carbocycles. The zero-order valence-corrected chi connectivity index (χ0v) is 15.5. The quantitative estimate of drug-likeness (QED) is 0.779. The lowest BCUT2D eigenvalue weighted by atomic mass is 10.1. The van der Waals surface area contributed by atoms with Gasteiger partial charge in [0.05, 0.1) is 31.8 Å². The number of hydrogen-bond acceptors (Lipinski definition) is 5. The fraction of sp³-hybridized carbons (Fsp3) is 0.167. The van der Waals surface area contributed by atoms with Crippen LogP contribution in [0.15, 0.2) is 36.4 Å². The summed E-state index contributed by atoms with van der Waals surface area (Å²) in [6, 6.07) is 9.04. The molecule has 8 heteroatoms. The van der Waals surface area contributed by atoms with Crippen molar-refractivity contribution in [2.45, 2.75) is 6.42 Å². The minimum Gasteiger partial charge on any atom is -0.465 e. The molecule has 136 valence electrons. The van der Waals surface area contributed by atoms with E-state index in [2.05, 4.69) is 14.8 Å². The van der Waals surface area contributed by atoms with Crippen LogP contribution in [-0.4, -0.2) is 32.1 Å². The Kier molecular flexibility index (Phi) is 6.60. The van der Waals surface area contributed by atoms with Crippen molar-refractivity contribution in [3.05, 3.63) is 63.1 Å². The predicted molar refractivity (Wildman–Crippen MR) is 97.9 cm³/mol. The van der Waals surface area contributed by atoms with Gasteiger partial charge in [0.1, 0.15) is 0 Å². The molecule has 0 spiro atoms. The molecule has 6 nitrogen and oxygen atoms in total. The van der Waals surface area contributed by atoms with Gasteiger partial charge in [-0.15, -0.1) is 0 Å². The van der Waals surface area contributed by atoms with Gasteiger partial charge < -0.3 is 14.8 Å². The highest BCUT2D eigenvalue weighted by atomic mass is 35.5. The van der Waals surface area contributed by atoms with Crippen LogP contribution >= 0.6 is 23.2 Å². The Labute approximate surface area is 160 Å². The average Bonchev–Trinajstić information content (AvgIpc) is 2.63. The zero-order valence-electron chi connectivity index (χ0n) is 14.0. The number of carbonyl (C=O) groups is 3. The van der Waals surface area contributed by atoms with Gasteiger partial charge in [-0.1, -0.05) is 29.3 Å². The number of carbonyl (C=O) groups excluding carboxylic acids is 3. The lowest BCUT2D eigenvalue weighted by Crippen LogP contribution is -2.16. The van der Waals surface area contributed by atoms with Crippen LogP contribution < -0.4 is 5.32 Å². The third kappa shape index (κ3) is 4.74. The van der Waals surface area contributed by atoms with E-state index in [1.54, 1.807) is 18.2 Å². The van der Waals surface area contributed by atoms with Crippen LogP contribution in [0.2, 0.25) is 10.0 Å². The summed E-state index contributed by atoms with van der Waals surface area (Å²) in [7, 11) is 2.43. The van der Waals surface area contributed by atoms with Gasteiger partial charge in [-0.3, -0.25) is 4.79 Å². The number of esters is 2. The Balaban J connectivity index is 2.28. The Morgan fingerprint density at radius 3 is 1.88 bits per heavy atom. The third-order valence-electron chi connectivity index (χ3n) is 3.46. The molecular weight excluding hydrogens is 381 g/mol. The number of hydrogen-bond donors (Lipinski definition) is 1. The van der Waals surface area contributed by atoms with Crippen molar-refractivity contribution >= 4 is 46.7 Å². The maximum absolute atomic E-state index is 12.3. The number of amides is 1. The van der Waals surface area contributed by atoms with Crippen molar-refractivity contribution < 1.29 is 23.9 Å². The van der Waals surface area contributed by atoms with E-state index in [1.807, 2.05) is 0 Å². The number of methoxy groups -OCH3 is 2. The number of benzene rings is 2. The van der Waals surface area contributed by atoms with Crippen LogP contribution in [0.25, 0.3) is 0 Å². The van der Waals surface area contributed by atoms with Crippen molar-refractivity contribution in [2.24, 2.45) is 0 Å². The van der Waals surface area contributed by atoms with Gasteiger partial charge in [0.25, 0.3) is 0 Å². The van der Waals surface area contributed by atoms with E-state index in [0.717, 1.165) is 0 Å². The van der Waals surface area contributed by atoms with Gasteiger partial charge in [0.2, 0.25) is 5.91 Å². The second kappa shape index (κ2) is 8.69. The molecule has 0 radical (unpaired) electrons. The van der Waals surface area contributed by atoms with Gasteiger partial charge in [0.15, 0.2) is 0 Å². The monoisotopic (exact) mass is 395 g/mol. The molecule has 0 unspecified atom stereocenters. The first-order valence-corrected chi connectivity index (χ1v) is 8.15. The molecule has 0 fully saturated rings. The summed E-state index contributed by atoms with van der Waals surface area (Å²) in [5.74, 6) is -1.72. The highest BCUT2D eigenvalue weighted by Crippen LogP contribution is 2.25. The fourth-order valence-electron chi connectivity index (χ4n) is 2.24. The van der Waals surface area contributed by atoms with Crippen molar-refractivity contribution in [1.29, 1.82) is 0 Å². The number of rotatable bonds is 5. The van der Waals surface area contributed by atoms with Crippen molar-refractivity contribution in [3.8, 4) is 0 Å². The van der Waals surface area contributed by atoms with Crippen molar-refractivity contribution in [2.75, 3.05) is 19.5 Å². The number of nitrogens with one attached hydrogen (secondary N) is 1. The summed E-state index contributed by atoms with van der Waals surface area (Å²) in [5.41, 5.74) is 0.912. The topological polar surface area (TPSA) is 81.7 Å². The van der Waals surface area contributed by atoms with E-state index >= 15 is 0 Å². The minimum absolute atomic E-state index is 0.0749. The summed E-state index contributed by atoms with van der Waals surface area (Å²) < 4.78 is 9.31. The molecule has 2 rings (SSSR count). The first-order chi connectivity index (χ1) is 12.3. The Morgan fingerprint density at radius 2 is 1.42 bits per heavy atom. The second-order valence-corrected chi connectivity index (χ2v) is 6.02. The standard InChI is InChI=1S/C18H15Cl2NO5/c1-25-17(23)10-6-11(18(24)26-2)8-12(7-10)21-16(22)9-13-14(19)4-3-5-15(13)20/h3-8H,9H2,1-2H3,(H,21,22). The van der Waals surface area contributed by atoms with Crippen LogP contribution in [0.1, 0.15) is 26.3 Å². The molecule has 0 aliphatic heterocycles. The molecule has 0 bridgehead atoms. The molecule has 1 amide bonds. The molecule has 0 atom stereocenters. The number of ether oxygens (including phenoxy) is 2. The van der Waals surface area contributed by atoms with Crippen LogP contribution in [0.4, 0.5) is 5.69 Å². The van der Waals surface area contributed by atoms with E-state index in [9.17, 15) is 14.4 Å². The molecule has 2 aromatic rings. The van der Waals surface area contributed by atoms with Gasteiger partial charge in [-0.2, -0.15) is 0 Å². The van der Waals surface area contributed by atoms with E-state index < -0.39 is 17.8 Å². The molecule has 26 heavy (non-hydrogen) atoms. The van der Waals surface area contributed by atoms with E-state index in [1.165, 1.54) is 32.4 Å². The zero-order chi connectivity index (χ0) is 19.3. The molecule has 0 aromatic heterocycles. The van der Waals surface area contributed by atoms with Gasteiger partial charge >= 0.3 is 11.9 Å². The van der Waals surface area contributed by atoms with Crippen LogP contribution in [0.3, 0.4) is 0 Å². The summed E-state index contributed by atoms with van der Waals surface area (Å²) in [6.45, 7) is 0. The van der Waals surface area contributed by atoms with Gasteiger partial charge in [-0.05, 0) is 35.9 Å². The van der Waals surface area contributed by atoms with Crippen LogP contribution in [-0.2, 0) is 20.7 Å². The second-order valence-electron chi connectivity index (χ2n) is 5.21. The Hall–Kier alpha value is -2.57. The minimum atomic E-state index is -0.652. The van der Waals surface area contributed by atoms with Gasteiger partial charge in [0, 0.05) is 15.7 Å². The summed E-state index contributed by atoms with van der Waals surface area (Å²) >= 11 is 12.1. The lowest BCUT2D eigenvalue weighted by Gasteiger charge is -2.11. The fourth-order valence-corrected chi connectivity index (χ4v) is 2.77. The summed E-state index contributed by atoms with van der Waals surface area (Å²) in [5, 5.41) is 3.35. The number of anilines is 1. The van der Waals surface area contributed by atoms with Crippen LogP contribution in [0.5, 0.6) is 0 Å². The van der Waals surface area contributed by atoms with Gasteiger partial charge in [-0.25, -0.2) is 9.59 Å². The molecule has 0 saturated carbocycles. The maximum atomic E-state index is 12.3. The first kappa shape index (κ1) is 19.8. The van der Waals surface area contributed by atoms with E-state index in [0.29, 0.717) is 15.6 Å². The maximum Gasteiger partial charge on any atom is 0.337 e. The highest BCUT2D eigenvalue weighted by Gasteiger charge is 2.16. The SMILES string of the molecule is COC(=O)c1cc(NC(=O)Cc2c(Cl)cccc2Cl)cc(C(=O)OC)c1. The van der Waals surface area contributed by atoms with Crippen molar-refractivity contribution in [1.82, 2.24) is 0 Å². The number of halogens is 2. The average molecular weight is 396 g/mol.